The molecule has 0 bridgehead atoms. The minimum Gasteiger partial charge on any atom is -0.481 e. The van der Waals surface area contributed by atoms with Crippen molar-refractivity contribution < 1.29 is 38.2 Å². The first-order valence-electron chi connectivity index (χ1n) is 12.3. The summed E-state index contributed by atoms with van der Waals surface area (Å²) >= 11 is 1.98. The van der Waals surface area contributed by atoms with Crippen LogP contribution in [-0.4, -0.2) is 53.3 Å². The Labute approximate surface area is 249 Å². The van der Waals surface area contributed by atoms with Crippen molar-refractivity contribution >= 4 is 75.7 Å². The molecule has 3 aromatic rings. The number of para-hydroxylation sites is 1. The first-order chi connectivity index (χ1) is 19.5. The summed E-state index contributed by atoms with van der Waals surface area (Å²) in [5.41, 5.74) is 0.403. The van der Waals surface area contributed by atoms with Gasteiger partial charge in [0.1, 0.15) is 18.7 Å². The topological polar surface area (TPSA) is 168 Å². The number of carbonyl (C=O) groups is 5. The number of anilines is 1. The van der Waals surface area contributed by atoms with Crippen LogP contribution in [0.3, 0.4) is 0 Å². The van der Waals surface area contributed by atoms with Crippen LogP contribution in [0, 0.1) is 3.57 Å². The van der Waals surface area contributed by atoms with Gasteiger partial charge in [0.05, 0.1) is 12.1 Å². The predicted octanol–water partition coefficient (Wildman–Crippen LogP) is 2.21. The number of carbonyl (C=O) groups excluding carboxylic acids is 4. The molecule has 0 aromatic heterocycles. The molecule has 0 saturated heterocycles. The minimum atomic E-state index is -3.75. The molecule has 3 amide bonds. The van der Waals surface area contributed by atoms with Gasteiger partial charge in [0, 0.05) is 14.2 Å². The average molecular weight is 691 g/mol. The molecule has 11 nitrogen and oxygen atoms in total. The SMILES string of the molecule is C[C@H](NC(=O)C(=O)Nc1ccccc1I)C(=O)N[C@@H](CC(=O)O)C(=O)COP(=O)(c1ccccc1)c1ccccc1. The van der Waals surface area contributed by atoms with Gasteiger partial charge in [-0.05, 0) is 65.9 Å². The highest BCUT2D eigenvalue weighted by molar-refractivity contribution is 14.1. The summed E-state index contributed by atoms with van der Waals surface area (Å²) in [5, 5.41) is 16.9. The normalized spacial score (nSPS) is 12.4. The minimum absolute atomic E-state index is 0.331. The molecule has 0 fully saturated rings. The molecule has 0 aliphatic heterocycles. The molecule has 0 saturated carbocycles. The van der Waals surface area contributed by atoms with Gasteiger partial charge in [0.25, 0.3) is 7.37 Å². The van der Waals surface area contributed by atoms with Gasteiger partial charge in [-0.3, -0.25) is 28.5 Å². The van der Waals surface area contributed by atoms with Crippen molar-refractivity contribution in [1.29, 1.82) is 0 Å². The lowest BCUT2D eigenvalue weighted by Gasteiger charge is -2.22. The Morgan fingerprint density at radius 1 is 0.829 bits per heavy atom. The second-order valence-corrected chi connectivity index (χ2v) is 12.3. The number of aliphatic carboxylic acids is 1. The zero-order valence-electron chi connectivity index (χ0n) is 21.8. The third kappa shape index (κ3) is 8.81. The van der Waals surface area contributed by atoms with E-state index >= 15 is 0 Å². The van der Waals surface area contributed by atoms with Crippen LogP contribution in [-0.2, 0) is 33.1 Å². The van der Waals surface area contributed by atoms with Crippen LogP contribution in [0.1, 0.15) is 13.3 Å². The lowest BCUT2D eigenvalue weighted by molar-refractivity contribution is -0.141. The number of ketones is 1. The van der Waals surface area contributed by atoms with Gasteiger partial charge < -0.3 is 25.6 Å². The predicted molar refractivity (Wildman–Crippen MR) is 160 cm³/mol. The van der Waals surface area contributed by atoms with Crippen molar-refractivity contribution in [3.05, 3.63) is 88.5 Å². The van der Waals surface area contributed by atoms with Crippen LogP contribution < -0.4 is 26.6 Å². The largest absolute Gasteiger partial charge is 0.481 e. The van der Waals surface area contributed by atoms with Crippen LogP contribution in [0.5, 0.6) is 0 Å². The summed E-state index contributed by atoms with van der Waals surface area (Å²) in [6, 6.07) is 20.4. The zero-order valence-corrected chi connectivity index (χ0v) is 24.8. The number of carboxylic acid groups (broad SMARTS) is 1. The van der Waals surface area contributed by atoms with Gasteiger partial charge in [-0.1, -0.05) is 48.5 Å². The number of halogens is 1. The van der Waals surface area contributed by atoms with E-state index in [2.05, 4.69) is 16.0 Å². The summed E-state index contributed by atoms with van der Waals surface area (Å²) in [7, 11) is -3.75. The smallest absolute Gasteiger partial charge is 0.313 e. The molecule has 3 aromatic carbocycles. The first-order valence-corrected chi connectivity index (χ1v) is 15.0. The third-order valence-electron chi connectivity index (χ3n) is 5.73. The Morgan fingerprint density at radius 3 is 1.90 bits per heavy atom. The number of carboxylic acids is 1. The second kappa shape index (κ2) is 14.7. The number of amides is 3. The Bertz CT molecular complexity index is 1430. The van der Waals surface area contributed by atoms with Crippen molar-refractivity contribution in [3.8, 4) is 0 Å². The molecule has 41 heavy (non-hydrogen) atoms. The van der Waals surface area contributed by atoms with Crippen LogP contribution in [0.25, 0.3) is 0 Å². The first kappa shape index (κ1) is 31.7. The van der Waals surface area contributed by atoms with Crippen molar-refractivity contribution in [2.24, 2.45) is 0 Å². The summed E-state index contributed by atoms with van der Waals surface area (Å²) in [6.07, 6.45) is -0.789. The second-order valence-electron chi connectivity index (χ2n) is 8.75. The fourth-order valence-electron chi connectivity index (χ4n) is 3.59. The van der Waals surface area contributed by atoms with Gasteiger partial charge in [-0.15, -0.1) is 0 Å². The molecular weight excluding hydrogens is 664 g/mol. The van der Waals surface area contributed by atoms with E-state index in [4.69, 9.17) is 4.52 Å². The number of Topliss-reactive ketones (excluding diaryl/α,β-unsaturated/α-hetero) is 1. The van der Waals surface area contributed by atoms with Gasteiger partial charge in [0.2, 0.25) is 5.91 Å². The van der Waals surface area contributed by atoms with E-state index in [0.717, 1.165) is 0 Å². The third-order valence-corrected chi connectivity index (χ3v) is 9.12. The molecule has 0 aliphatic carbocycles. The van der Waals surface area contributed by atoms with E-state index in [1.807, 2.05) is 22.6 Å². The molecule has 0 radical (unpaired) electrons. The number of hydrogen-bond donors (Lipinski definition) is 4. The quantitative estimate of drug-likeness (QED) is 0.127. The van der Waals surface area contributed by atoms with Crippen molar-refractivity contribution in [2.75, 3.05) is 11.9 Å². The van der Waals surface area contributed by atoms with Crippen molar-refractivity contribution in [1.82, 2.24) is 10.6 Å². The lowest BCUT2D eigenvalue weighted by atomic mass is 10.1. The standard InChI is InChI=1S/C28H27IN3O8P/c1-18(30-27(37)28(38)31-22-15-9-8-14-21(22)29)26(36)32-23(16-25(34)35)24(33)17-40-41(39,19-10-4-2-5-11-19)20-12-6-3-7-13-20/h2-15,18,23H,16-17H2,1H3,(H,30,37)(H,31,38)(H,32,36)(H,34,35)/t18-,23-/m0/s1. The molecule has 13 heteroatoms. The molecule has 0 heterocycles. The molecule has 2 atom stereocenters. The Kier molecular flexibility index (Phi) is 11.3. The number of benzene rings is 3. The Hall–Kier alpha value is -3.87. The summed E-state index contributed by atoms with van der Waals surface area (Å²) in [4.78, 5) is 61.9. The lowest BCUT2D eigenvalue weighted by Crippen LogP contribution is -2.53. The molecule has 0 aliphatic rings. The van der Waals surface area contributed by atoms with E-state index in [0.29, 0.717) is 19.9 Å². The highest BCUT2D eigenvalue weighted by Gasteiger charge is 2.33. The van der Waals surface area contributed by atoms with Gasteiger partial charge in [0.15, 0.2) is 5.78 Å². The molecular formula is C28H27IN3O8P. The molecule has 3 rings (SSSR count). The number of nitrogens with one attached hydrogen (secondary N) is 3. The van der Waals surface area contributed by atoms with Gasteiger partial charge in [-0.25, -0.2) is 0 Å². The number of rotatable bonds is 12. The van der Waals surface area contributed by atoms with E-state index in [9.17, 15) is 33.6 Å². The zero-order chi connectivity index (χ0) is 30.0. The van der Waals surface area contributed by atoms with Crippen LogP contribution in [0.2, 0.25) is 0 Å². The summed E-state index contributed by atoms with van der Waals surface area (Å²) < 4.78 is 20.3. The summed E-state index contributed by atoms with van der Waals surface area (Å²) in [5.74, 6) is -5.26. The molecule has 0 unspecified atom stereocenters. The highest BCUT2D eigenvalue weighted by Crippen LogP contribution is 2.44. The summed E-state index contributed by atoms with van der Waals surface area (Å²) in [6.45, 7) is 0.503. The van der Waals surface area contributed by atoms with Crippen LogP contribution >= 0.6 is 30.0 Å². The van der Waals surface area contributed by atoms with Crippen LogP contribution in [0.4, 0.5) is 5.69 Å². The monoisotopic (exact) mass is 691 g/mol. The van der Waals surface area contributed by atoms with E-state index in [1.54, 1.807) is 84.9 Å². The van der Waals surface area contributed by atoms with E-state index in [1.165, 1.54) is 6.92 Å². The number of hydrogen-bond acceptors (Lipinski definition) is 7. The average Bonchev–Trinajstić information content (AvgIpc) is 2.97. The molecule has 4 N–H and O–H groups in total. The Morgan fingerprint density at radius 2 is 1.37 bits per heavy atom. The van der Waals surface area contributed by atoms with Gasteiger partial charge in [-0.2, -0.15) is 0 Å². The Balaban J connectivity index is 1.67. The fraction of sp³-hybridized carbons (Fsp3) is 0.179. The van der Waals surface area contributed by atoms with E-state index < -0.39 is 62.0 Å². The molecule has 214 valence electrons. The van der Waals surface area contributed by atoms with E-state index in [-0.39, 0.29) is 0 Å². The maximum atomic E-state index is 14.0. The maximum absolute atomic E-state index is 14.0. The van der Waals surface area contributed by atoms with Crippen molar-refractivity contribution in [3.63, 3.8) is 0 Å². The van der Waals surface area contributed by atoms with Crippen molar-refractivity contribution in [2.45, 2.75) is 25.4 Å². The van der Waals surface area contributed by atoms with Gasteiger partial charge >= 0.3 is 17.8 Å². The van der Waals surface area contributed by atoms with Crippen LogP contribution in [0.15, 0.2) is 84.9 Å². The molecule has 0 spiro atoms. The highest BCUT2D eigenvalue weighted by atomic mass is 127. The maximum Gasteiger partial charge on any atom is 0.313 e. The fourth-order valence-corrected chi connectivity index (χ4v) is 6.14.